The first-order valence-corrected chi connectivity index (χ1v) is 21.2. The first kappa shape index (κ1) is 37.7. The van der Waals surface area contributed by atoms with Crippen molar-refractivity contribution in [3.8, 4) is 0 Å². The summed E-state index contributed by atoms with van der Waals surface area (Å²) in [5.74, 6) is 0.522. The molecule has 0 fully saturated rings. The predicted octanol–water partition coefficient (Wildman–Crippen LogP) is 3.20. The summed E-state index contributed by atoms with van der Waals surface area (Å²) in [6, 6.07) is 12.2. The van der Waals surface area contributed by atoms with Crippen LogP contribution in [-0.2, 0) is 37.0 Å². The van der Waals surface area contributed by atoms with Gasteiger partial charge in [0.15, 0.2) is 0 Å². The Kier molecular flexibility index (Phi) is 11.3. The molecule has 40 heavy (non-hydrogen) atoms. The Bertz CT molecular complexity index is 1430. The molecule has 1 aliphatic heterocycles. The molecule has 216 valence electrons. The summed E-state index contributed by atoms with van der Waals surface area (Å²) in [6.45, 7) is 33.5. The molecule has 2 aliphatic rings. The molecule has 0 radical (unpaired) electrons. The SMILES string of the molecule is CC(C)(C)c1ccc2[cH-]c3c4c(c(C(C)(C)C)cc3c2c1)[Si](C)(C)[Si]4(C)C.CC1[C-]=CC(C(C)(C)C)=C1.[Cl-].[Cl-].[Zr+4]. The number of benzene rings is 2. The van der Waals surface area contributed by atoms with Crippen molar-refractivity contribution in [3.05, 3.63) is 65.3 Å². The van der Waals surface area contributed by atoms with Crippen LogP contribution in [0.5, 0.6) is 0 Å². The fourth-order valence-corrected chi connectivity index (χ4v) is 17.2. The van der Waals surface area contributed by atoms with Gasteiger partial charge in [-0.05, 0) is 10.8 Å². The molecule has 1 aliphatic carbocycles. The Balaban J connectivity index is 0.000000528. The summed E-state index contributed by atoms with van der Waals surface area (Å²) in [6.07, 6.45) is 7.65. The summed E-state index contributed by atoms with van der Waals surface area (Å²) < 4.78 is 0. The van der Waals surface area contributed by atoms with E-state index in [-0.39, 0.29) is 61.8 Å². The van der Waals surface area contributed by atoms with Crippen LogP contribution in [0.1, 0.15) is 80.4 Å². The average Bonchev–Trinajstić information content (AvgIpc) is 3.34. The van der Waals surface area contributed by atoms with Crippen molar-refractivity contribution in [1.29, 1.82) is 0 Å². The van der Waals surface area contributed by atoms with E-state index < -0.39 is 15.2 Å². The molecular formula is C35H50Cl2Si2Zr. The number of halogens is 2. The van der Waals surface area contributed by atoms with E-state index in [1.807, 2.05) is 0 Å². The number of fused-ring (bicyclic) bond motifs is 5. The third-order valence-corrected chi connectivity index (χ3v) is 27.1. The van der Waals surface area contributed by atoms with E-state index in [1.54, 1.807) is 21.3 Å². The molecule has 0 saturated carbocycles. The van der Waals surface area contributed by atoms with E-state index in [2.05, 4.69) is 144 Å². The van der Waals surface area contributed by atoms with Gasteiger partial charge in [-0.2, -0.15) is 11.6 Å². The van der Waals surface area contributed by atoms with E-state index in [9.17, 15) is 0 Å². The normalized spacial score (nSPS) is 18.9. The van der Waals surface area contributed by atoms with Gasteiger partial charge >= 0.3 is 26.2 Å². The predicted molar refractivity (Wildman–Crippen MR) is 173 cm³/mol. The van der Waals surface area contributed by atoms with Crippen molar-refractivity contribution in [3.63, 3.8) is 0 Å². The van der Waals surface area contributed by atoms with Crippen molar-refractivity contribution in [2.24, 2.45) is 11.3 Å². The Morgan fingerprint density at radius 2 is 1.27 bits per heavy atom. The van der Waals surface area contributed by atoms with Crippen LogP contribution < -0.4 is 35.2 Å². The zero-order chi connectivity index (χ0) is 27.9. The Morgan fingerprint density at radius 1 is 0.725 bits per heavy atom. The summed E-state index contributed by atoms with van der Waals surface area (Å²) in [5.41, 5.74) is 5.18. The van der Waals surface area contributed by atoms with Crippen LogP contribution in [0.25, 0.3) is 21.5 Å². The number of hydrogen-bond acceptors (Lipinski definition) is 0. The van der Waals surface area contributed by atoms with Crippen LogP contribution in [0.4, 0.5) is 0 Å². The molecule has 0 bridgehead atoms. The number of allylic oxidation sites excluding steroid dienone is 4. The topological polar surface area (TPSA) is 0 Å². The summed E-state index contributed by atoms with van der Waals surface area (Å²) >= 11 is 0. The Labute approximate surface area is 279 Å². The second kappa shape index (κ2) is 12.0. The Hall–Kier alpha value is -0.313. The van der Waals surface area contributed by atoms with E-state index >= 15 is 0 Å². The van der Waals surface area contributed by atoms with Crippen molar-refractivity contribution in [2.45, 2.75) is 106 Å². The quantitative estimate of drug-likeness (QED) is 0.252. The molecule has 0 amide bonds. The average molecular weight is 689 g/mol. The van der Waals surface area contributed by atoms with E-state index in [1.165, 1.54) is 27.3 Å². The number of hydrogen-bond donors (Lipinski definition) is 0. The fourth-order valence-electron chi connectivity index (χ4n) is 6.11. The zero-order valence-corrected chi connectivity index (χ0v) is 33.3. The van der Waals surface area contributed by atoms with Gasteiger partial charge in [0.25, 0.3) is 0 Å². The standard InChI is InChI=1S/C25H35Si2.C10H15.2ClH.Zr/c1-24(2,3)17-12-11-16-13-20-19(18(16)14-17)15-21(25(4,5)6)23-22(20)26(7,8)27(23,9)10;1-8-5-6-9(7-8)10(2,3)4;;;/h11-15H,1-10H3;6-8H,1-4H3;2*1H;/q2*-1;;;+4/p-2. The maximum atomic E-state index is 3.26. The summed E-state index contributed by atoms with van der Waals surface area (Å²) in [5, 5.41) is 9.54. The van der Waals surface area contributed by atoms with Crippen molar-refractivity contribution in [2.75, 3.05) is 0 Å². The van der Waals surface area contributed by atoms with Crippen LogP contribution >= 0.6 is 0 Å². The summed E-state index contributed by atoms with van der Waals surface area (Å²) in [4.78, 5) is 0. The third-order valence-electron chi connectivity index (χ3n) is 9.29. The van der Waals surface area contributed by atoms with Crippen LogP contribution in [0.3, 0.4) is 0 Å². The van der Waals surface area contributed by atoms with E-state index in [4.69, 9.17) is 0 Å². The maximum absolute atomic E-state index is 3.26. The molecule has 0 N–H and O–H groups in total. The smallest absolute Gasteiger partial charge is 1.00 e. The molecule has 1 heterocycles. The minimum Gasteiger partial charge on any atom is -1.00 e. The van der Waals surface area contributed by atoms with Crippen molar-refractivity contribution >= 4 is 47.1 Å². The maximum Gasteiger partial charge on any atom is 4.00 e. The molecule has 1 atom stereocenters. The molecule has 1 unspecified atom stereocenters. The van der Waals surface area contributed by atoms with Gasteiger partial charge in [0.2, 0.25) is 0 Å². The third kappa shape index (κ3) is 6.45. The largest absolute Gasteiger partial charge is 4.00 e. The Morgan fingerprint density at radius 3 is 1.70 bits per heavy atom. The van der Waals surface area contributed by atoms with Gasteiger partial charge < -0.3 is 24.8 Å². The minimum atomic E-state index is -1.35. The van der Waals surface area contributed by atoms with Gasteiger partial charge in [-0.3, -0.25) is 6.08 Å². The monoisotopic (exact) mass is 686 g/mol. The van der Waals surface area contributed by atoms with Crippen LogP contribution in [0.2, 0.25) is 26.2 Å². The van der Waals surface area contributed by atoms with E-state index in [0.29, 0.717) is 11.3 Å². The molecule has 5 rings (SSSR count). The molecule has 0 aromatic heterocycles. The molecule has 3 aromatic carbocycles. The van der Waals surface area contributed by atoms with Gasteiger partial charge in [-0.1, -0.05) is 141 Å². The first-order chi connectivity index (χ1) is 16.7. The van der Waals surface area contributed by atoms with Gasteiger partial charge in [-0.25, -0.2) is 6.08 Å². The molecule has 0 nitrogen and oxygen atoms in total. The van der Waals surface area contributed by atoms with E-state index in [0.717, 1.165) is 0 Å². The van der Waals surface area contributed by atoms with Crippen molar-refractivity contribution in [1.82, 2.24) is 0 Å². The van der Waals surface area contributed by atoms with Crippen LogP contribution in [0, 0.1) is 17.4 Å². The van der Waals surface area contributed by atoms with Gasteiger partial charge in [0.05, 0.1) is 7.59 Å². The molecule has 0 saturated heterocycles. The minimum absolute atomic E-state index is 0. The number of rotatable bonds is 0. The van der Waals surface area contributed by atoms with Crippen molar-refractivity contribution < 1.29 is 51.0 Å². The van der Waals surface area contributed by atoms with Gasteiger partial charge in [0.1, 0.15) is 0 Å². The molecule has 5 heteroatoms. The zero-order valence-electron chi connectivity index (χ0n) is 27.4. The second-order valence-corrected chi connectivity index (χ2v) is 30.8. The van der Waals surface area contributed by atoms with Crippen LogP contribution in [0.15, 0.2) is 48.1 Å². The van der Waals surface area contributed by atoms with Crippen LogP contribution in [-0.4, -0.2) is 15.2 Å². The molecule has 0 spiro atoms. The van der Waals surface area contributed by atoms with Gasteiger partial charge in [0, 0.05) is 7.59 Å². The van der Waals surface area contributed by atoms with Gasteiger partial charge in [-0.15, -0.1) is 38.9 Å². The summed E-state index contributed by atoms with van der Waals surface area (Å²) in [7, 11) is -2.67. The second-order valence-electron chi connectivity index (χ2n) is 15.8. The first-order valence-electron chi connectivity index (χ1n) is 14.2. The molecule has 3 aromatic rings. The fraction of sp³-hybridized carbons (Fsp3) is 0.514. The molecular weight excluding hydrogens is 639 g/mol.